The van der Waals surface area contributed by atoms with Gasteiger partial charge in [-0.3, -0.25) is 0 Å². The monoisotopic (exact) mass is 560 g/mol. The van der Waals surface area contributed by atoms with E-state index in [-0.39, 0.29) is 5.41 Å². The summed E-state index contributed by atoms with van der Waals surface area (Å²) in [5.41, 5.74) is 12.0. The van der Waals surface area contributed by atoms with Crippen LogP contribution < -0.4 is 0 Å². The molecule has 0 unspecified atom stereocenters. The molecule has 0 radical (unpaired) electrons. The van der Waals surface area contributed by atoms with Crippen LogP contribution in [0.3, 0.4) is 0 Å². The Morgan fingerprint density at radius 1 is 0.386 bits per heavy atom. The molecule has 0 saturated carbocycles. The van der Waals surface area contributed by atoms with Gasteiger partial charge in [0.1, 0.15) is 0 Å². The highest BCUT2D eigenvalue weighted by Gasteiger charge is 2.35. The first-order valence-electron chi connectivity index (χ1n) is 15.6. The van der Waals surface area contributed by atoms with Crippen molar-refractivity contribution in [2.24, 2.45) is 0 Å². The van der Waals surface area contributed by atoms with Crippen molar-refractivity contribution >= 4 is 43.1 Å². The maximum Gasteiger partial charge on any atom is 0.0158 e. The summed E-state index contributed by atoms with van der Waals surface area (Å²) in [6, 6.07) is 52.3. The van der Waals surface area contributed by atoms with E-state index in [1.165, 1.54) is 93.2 Å². The highest BCUT2D eigenvalue weighted by molar-refractivity contribution is 6.27. The van der Waals surface area contributed by atoms with Gasteiger partial charge in [0, 0.05) is 5.41 Å². The molecule has 0 N–H and O–H groups in total. The van der Waals surface area contributed by atoms with Crippen LogP contribution in [0.2, 0.25) is 0 Å². The number of hydrogen-bond donors (Lipinski definition) is 0. The molecule has 0 nitrogen and oxygen atoms in total. The van der Waals surface area contributed by atoms with Crippen LogP contribution in [-0.2, 0) is 5.41 Å². The predicted octanol–water partition coefficient (Wildman–Crippen LogP) is 12.2. The second-order valence-corrected chi connectivity index (χ2v) is 13.0. The van der Waals surface area contributed by atoms with Crippen molar-refractivity contribution in [1.29, 1.82) is 0 Å². The van der Waals surface area contributed by atoms with Gasteiger partial charge in [-0.15, -0.1) is 0 Å². The van der Waals surface area contributed by atoms with E-state index in [0.717, 1.165) is 0 Å². The van der Waals surface area contributed by atoms with Gasteiger partial charge in [0.2, 0.25) is 0 Å². The van der Waals surface area contributed by atoms with Gasteiger partial charge >= 0.3 is 0 Å². The van der Waals surface area contributed by atoms with Gasteiger partial charge < -0.3 is 0 Å². The Morgan fingerprint density at radius 2 is 0.932 bits per heavy atom. The topological polar surface area (TPSA) is 0 Å². The van der Waals surface area contributed by atoms with Gasteiger partial charge in [0.25, 0.3) is 0 Å². The van der Waals surface area contributed by atoms with E-state index in [2.05, 4.69) is 160 Å². The van der Waals surface area contributed by atoms with Crippen molar-refractivity contribution in [3.05, 3.63) is 156 Å². The molecule has 0 saturated heterocycles. The van der Waals surface area contributed by atoms with Crippen LogP contribution >= 0.6 is 0 Å². The minimum atomic E-state index is -0.00946. The smallest absolute Gasteiger partial charge is 0.0158 e. The van der Waals surface area contributed by atoms with E-state index in [4.69, 9.17) is 0 Å². The summed E-state index contributed by atoms with van der Waals surface area (Å²) in [6.07, 6.45) is 0. The molecule has 0 aliphatic heterocycles. The average Bonchev–Trinajstić information content (AvgIpc) is 3.28. The van der Waals surface area contributed by atoms with Crippen LogP contribution in [0, 0.1) is 6.92 Å². The standard InChI is InChI=1S/C44H32/c1-27-20-22-36-38(24-27)41(30-21-23-40-37(26-30)33-16-10-11-19-39(33)44(40,2)3)34-17-8-9-18-35(34)43(36)42-31-14-6-4-12-28(31)25-29-13-5-7-15-32(29)42/h4-26H,1-3H3. The first-order chi connectivity index (χ1) is 21.5. The summed E-state index contributed by atoms with van der Waals surface area (Å²) in [5.74, 6) is 0. The number of hydrogen-bond acceptors (Lipinski definition) is 0. The van der Waals surface area contributed by atoms with Crippen molar-refractivity contribution in [2.75, 3.05) is 0 Å². The molecule has 1 aliphatic carbocycles. The van der Waals surface area contributed by atoms with Gasteiger partial charge in [0.05, 0.1) is 0 Å². The van der Waals surface area contributed by atoms with Gasteiger partial charge in [0.15, 0.2) is 0 Å². The molecular weight excluding hydrogens is 528 g/mol. The Balaban J connectivity index is 1.44. The number of fused-ring (bicyclic) bond motifs is 7. The molecule has 208 valence electrons. The molecule has 0 amide bonds. The molecule has 8 aromatic rings. The third-order valence-corrected chi connectivity index (χ3v) is 10.1. The maximum atomic E-state index is 2.46. The number of rotatable bonds is 2. The SMILES string of the molecule is Cc1ccc2c(-c3c4ccccc4cc4ccccc34)c3ccccc3c(-c3ccc4c(c3)-c3ccccc3C4(C)C)c2c1. The van der Waals surface area contributed by atoms with Gasteiger partial charge in [-0.2, -0.15) is 0 Å². The fourth-order valence-corrected chi connectivity index (χ4v) is 8.03. The van der Waals surface area contributed by atoms with Gasteiger partial charge in [-0.25, -0.2) is 0 Å². The fraction of sp³-hybridized carbons (Fsp3) is 0.0909. The van der Waals surface area contributed by atoms with Crippen molar-refractivity contribution < 1.29 is 0 Å². The summed E-state index contributed by atoms with van der Waals surface area (Å²) in [7, 11) is 0. The van der Waals surface area contributed by atoms with E-state index in [1.807, 2.05) is 0 Å². The van der Waals surface area contributed by atoms with E-state index in [9.17, 15) is 0 Å². The summed E-state index contributed by atoms with van der Waals surface area (Å²) < 4.78 is 0. The lowest BCUT2D eigenvalue weighted by Crippen LogP contribution is -2.14. The summed E-state index contributed by atoms with van der Waals surface area (Å²) in [5, 5.41) is 10.3. The Kier molecular flexibility index (Phi) is 5.26. The maximum absolute atomic E-state index is 2.46. The third-order valence-electron chi connectivity index (χ3n) is 10.1. The molecular formula is C44H32. The second-order valence-electron chi connectivity index (χ2n) is 13.0. The zero-order chi connectivity index (χ0) is 29.6. The minimum absolute atomic E-state index is 0.00946. The van der Waals surface area contributed by atoms with Crippen molar-refractivity contribution in [2.45, 2.75) is 26.2 Å². The van der Waals surface area contributed by atoms with Gasteiger partial charge in [-0.05, 0) is 107 Å². The Labute approximate surface area is 258 Å². The fourth-order valence-electron chi connectivity index (χ4n) is 8.03. The number of aryl methyl sites for hydroxylation is 1. The van der Waals surface area contributed by atoms with Gasteiger partial charge in [-0.1, -0.05) is 147 Å². The molecule has 8 aromatic carbocycles. The zero-order valence-electron chi connectivity index (χ0n) is 25.3. The summed E-state index contributed by atoms with van der Waals surface area (Å²) in [6.45, 7) is 6.93. The summed E-state index contributed by atoms with van der Waals surface area (Å²) >= 11 is 0. The van der Waals surface area contributed by atoms with E-state index in [1.54, 1.807) is 0 Å². The van der Waals surface area contributed by atoms with Crippen LogP contribution in [0.25, 0.3) is 76.5 Å². The summed E-state index contributed by atoms with van der Waals surface area (Å²) in [4.78, 5) is 0. The Bertz CT molecular complexity index is 2420. The molecule has 0 heterocycles. The largest absolute Gasteiger partial charge is 0.0619 e. The van der Waals surface area contributed by atoms with Crippen LogP contribution in [0.5, 0.6) is 0 Å². The normalized spacial score (nSPS) is 13.5. The van der Waals surface area contributed by atoms with Crippen molar-refractivity contribution in [3.63, 3.8) is 0 Å². The van der Waals surface area contributed by atoms with Crippen LogP contribution in [0.15, 0.2) is 140 Å². The third kappa shape index (κ3) is 3.46. The highest BCUT2D eigenvalue weighted by atomic mass is 14.4. The van der Waals surface area contributed by atoms with E-state index >= 15 is 0 Å². The predicted molar refractivity (Wildman–Crippen MR) is 190 cm³/mol. The molecule has 0 spiro atoms. The first kappa shape index (κ1) is 25.3. The lowest BCUT2D eigenvalue weighted by molar-refractivity contribution is 0.660. The van der Waals surface area contributed by atoms with E-state index in [0.29, 0.717) is 0 Å². The lowest BCUT2D eigenvalue weighted by Gasteiger charge is -2.22. The van der Waals surface area contributed by atoms with Crippen LogP contribution in [0.4, 0.5) is 0 Å². The molecule has 0 aromatic heterocycles. The Hall–Kier alpha value is -5.20. The van der Waals surface area contributed by atoms with Crippen LogP contribution in [-0.4, -0.2) is 0 Å². The highest BCUT2D eigenvalue weighted by Crippen LogP contribution is 2.52. The first-order valence-corrected chi connectivity index (χ1v) is 15.6. The molecule has 44 heavy (non-hydrogen) atoms. The van der Waals surface area contributed by atoms with Crippen LogP contribution in [0.1, 0.15) is 30.5 Å². The minimum Gasteiger partial charge on any atom is -0.0619 e. The molecule has 0 atom stereocenters. The quantitative estimate of drug-likeness (QED) is 0.184. The van der Waals surface area contributed by atoms with Crippen molar-refractivity contribution in [1.82, 2.24) is 0 Å². The molecule has 1 aliphatic rings. The molecule has 0 bridgehead atoms. The zero-order valence-corrected chi connectivity index (χ0v) is 25.3. The lowest BCUT2D eigenvalue weighted by atomic mass is 9.80. The molecule has 9 rings (SSSR count). The van der Waals surface area contributed by atoms with E-state index < -0.39 is 0 Å². The van der Waals surface area contributed by atoms with Crippen molar-refractivity contribution in [3.8, 4) is 33.4 Å². The second kappa shape index (κ2) is 9.15. The molecule has 0 heteroatoms. The molecule has 0 fully saturated rings. The average molecular weight is 561 g/mol. The number of benzene rings is 8. The Morgan fingerprint density at radius 3 is 1.66 bits per heavy atom.